The lowest BCUT2D eigenvalue weighted by molar-refractivity contribution is 0.765. The molecule has 0 saturated carbocycles. The van der Waals surface area contributed by atoms with Crippen molar-refractivity contribution >= 4 is 35.1 Å². The van der Waals surface area contributed by atoms with Crippen LogP contribution in [0.15, 0.2) is 35.0 Å². The van der Waals surface area contributed by atoms with E-state index in [1.807, 2.05) is 18.2 Å². The van der Waals surface area contributed by atoms with E-state index in [-0.39, 0.29) is 4.71 Å². The molecule has 0 saturated heterocycles. The molecular formula is C7H5Cl2NS. The van der Waals surface area contributed by atoms with Gasteiger partial charge < -0.3 is 0 Å². The lowest BCUT2D eigenvalue weighted by Crippen LogP contribution is -2.04. The molecule has 1 atom stereocenters. The Balaban J connectivity index is 2.36. The highest BCUT2D eigenvalue weighted by molar-refractivity contribution is 8.05. The molecule has 58 valence electrons. The van der Waals surface area contributed by atoms with Crippen LogP contribution in [0, 0.1) is 0 Å². The van der Waals surface area contributed by atoms with Crippen LogP contribution in [0.3, 0.4) is 0 Å². The molecule has 1 nitrogen and oxygen atoms in total. The monoisotopic (exact) mass is 205 g/mol. The first-order valence-corrected chi connectivity index (χ1v) is 4.79. The number of nitrogens with zero attached hydrogens (tertiary/aromatic N) is 1. The Bertz CT molecular complexity index is 270. The third-order valence-electron chi connectivity index (χ3n) is 1.48. The van der Waals surface area contributed by atoms with Crippen molar-refractivity contribution in [2.75, 3.05) is 0 Å². The summed E-state index contributed by atoms with van der Waals surface area (Å²) in [6, 6.07) is 0. The van der Waals surface area contributed by atoms with Crippen LogP contribution in [-0.4, -0.2) is 9.13 Å². The lowest BCUT2D eigenvalue weighted by atomic mass is 10.3. The van der Waals surface area contributed by atoms with Gasteiger partial charge in [-0.1, -0.05) is 11.8 Å². The van der Waals surface area contributed by atoms with Crippen LogP contribution in [-0.2, 0) is 0 Å². The number of thioether (sulfide) groups is 1. The van der Waals surface area contributed by atoms with Crippen molar-refractivity contribution in [1.29, 1.82) is 0 Å². The standard InChI is InChI=1S/C7H5Cl2NS/c8-7-4-5-6(11-7)2-1-3-10(5)9/h1-4,7H. The van der Waals surface area contributed by atoms with Crippen LogP contribution in [0.1, 0.15) is 0 Å². The minimum Gasteiger partial charge on any atom is -0.260 e. The van der Waals surface area contributed by atoms with Gasteiger partial charge in [0.05, 0.1) is 5.70 Å². The van der Waals surface area contributed by atoms with Crippen LogP contribution in [0.4, 0.5) is 0 Å². The van der Waals surface area contributed by atoms with Crippen molar-refractivity contribution in [2.24, 2.45) is 0 Å². The van der Waals surface area contributed by atoms with Gasteiger partial charge in [-0.15, -0.1) is 11.6 Å². The van der Waals surface area contributed by atoms with E-state index in [0.717, 1.165) is 10.6 Å². The highest BCUT2D eigenvalue weighted by Crippen LogP contribution is 2.42. The van der Waals surface area contributed by atoms with Crippen molar-refractivity contribution in [2.45, 2.75) is 4.71 Å². The largest absolute Gasteiger partial charge is 0.260 e. The Morgan fingerprint density at radius 1 is 1.55 bits per heavy atom. The van der Waals surface area contributed by atoms with Crippen LogP contribution < -0.4 is 0 Å². The zero-order valence-electron chi connectivity index (χ0n) is 5.50. The molecular weight excluding hydrogens is 201 g/mol. The third-order valence-corrected chi connectivity index (χ3v) is 3.12. The molecule has 0 amide bonds. The van der Waals surface area contributed by atoms with E-state index in [0.29, 0.717) is 0 Å². The van der Waals surface area contributed by atoms with Gasteiger partial charge >= 0.3 is 0 Å². The summed E-state index contributed by atoms with van der Waals surface area (Å²) >= 11 is 13.3. The number of rotatable bonds is 0. The molecule has 0 aliphatic carbocycles. The molecule has 11 heavy (non-hydrogen) atoms. The van der Waals surface area contributed by atoms with Gasteiger partial charge in [-0.05, 0) is 18.2 Å². The highest BCUT2D eigenvalue weighted by atomic mass is 35.5. The molecule has 2 aliphatic heterocycles. The van der Waals surface area contributed by atoms with Crippen LogP contribution >= 0.6 is 35.1 Å². The van der Waals surface area contributed by atoms with Gasteiger partial charge in [0.1, 0.15) is 4.71 Å². The number of allylic oxidation sites excluding steroid dienone is 2. The summed E-state index contributed by atoms with van der Waals surface area (Å²) < 4.78 is 1.59. The maximum atomic E-state index is 5.88. The molecule has 1 unspecified atom stereocenters. The van der Waals surface area contributed by atoms with Crippen molar-refractivity contribution in [3.05, 3.63) is 35.0 Å². The SMILES string of the molecule is ClC1C=C2C(=CC=CN2Cl)S1. The number of alkyl halides is 1. The number of hydrogen-bond acceptors (Lipinski definition) is 2. The fourth-order valence-corrected chi connectivity index (χ4v) is 2.56. The second kappa shape index (κ2) is 2.77. The fourth-order valence-electron chi connectivity index (χ4n) is 1.01. The van der Waals surface area contributed by atoms with E-state index in [9.17, 15) is 0 Å². The van der Waals surface area contributed by atoms with Crippen LogP contribution in [0.25, 0.3) is 0 Å². The number of hydrogen-bond donors (Lipinski definition) is 0. The average molecular weight is 206 g/mol. The molecule has 0 aromatic rings. The van der Waals surface area contributed by atoms with Crippen molar-refractivity contribution in [1.82, 2.24) is 4.42 Å². The maximum Gasteiger partial charge on any atom is 0.104 e. The summed E-state index contributed by atoms with van der Waals surface area (Å²) in [7, 11) is 0. The first-order valence-electron chi connectivity index (χ1n) is 3.14. The second-order valence-corrected chi connectivity index (χ2v) is 4.48. The summed E-state index contributed by atoms with van der Waals surface area (Å²) in [5, 5.41) is 0. The quantitative estimate of drug-likeness (QED) is 0.442. The van der Waals surface area contributed by atoms with Gasteiger partial charge in [-0.3, -0.25) is 4.42 Å². The van der Waals surface area contributed by atoms with E-state index in [1.54, 1.807) is 22.4 Å². The molecule has 4 heteroatoms. The topological polar surface area (TPSA) is 3.24 Å². The fraction of sp³-hybridized carbons (Fsp3) is 0.143. The van der Waals surface area contributed by atoms with Gasteiger partial charge in [0, 0.05) is 22.9 Å². The zero-order chi connectivity index (χ0) is 7.84. The lowest BCUT2D eigenvalue weighted by Gasteiger charge is -2.15. The van der Waals surface area contributed by atoms with E-state index in [1.165, 1.54) is 0 Å². The summed E-state index contributed by atoms with van der Waals surface area (Å²) in [6.07, 6.45) is 7.65. The molecule has 2 heterocycles. The van der Waals surface area contributed by atoms with Gasteiger partial charge in [0.25, 0.3) is 0 Å². The van der Waals surface area contributed by atoms with E-state index in [2.05, 4.69) is 0 Å². The Labute approximate surface area is 79.4 Å². The van der Waals surface area contributed by atoms with Crippen LogP contribution in [0.5, 0.6) is 0 Å². The smallest absolute Gasteiger partial charge is 0.104 e. The second-order valence-electron chi connectivity index (χ2n) is 2.20. The molecule has 0 N–H and O–H groups in total. The van der Waals surface area contributed by atoms with Gasteiger partial charge in [-0.2, -0.15) is 0 Å². The minimum absolute atomic E-state index is 0.0254. The molecule has 2 aliphatic rings. The van der Waals surface area contributed by atoms with E-state index in [4.69, 9.17) is 23.4 Å². The van der Waals surface area contributed by atoms with E-state index >= 15 is 0 Å². The normalized spacial score (nSPS) is 28.2. The first kappa shape index (κ1) is 7.59. The summed E-state index contributed by atoms with van der Waals surface area (Å²) in [6.45, 7) is 0. The predicted molar refractivity (Wildman–Crippen MR) is 50.2 cm³/mol. The van der Waals surface area contributed by atoms with Gasteiger partial charge in [0.2, 0.25) is 0 Å². The summed E-state index contributed by atoms with van der Waals surface area (Å²) in [5.41, 5.74) is 0.999. The molecule has 0 spiro atoms. The van der Waals surface area contributed by atoms with E-state index < -0.39 is 0 Å². The summed E-state index contributed by atoms with van der Waals surface area (Å²) in [4.78, 5) is 1.14. The molecule has 2 rings (SSSR count). The highest BCUT2D eigenvalue weighted by Gasteiger charge is 2.23. The average Bonchev–Trinajstić information content (AvgIpc) is 2.31. The van der Waals surface area contributed by atoms with Crippen molar-refractivity contribution in [3.63, 3.8) is 0 Å². The molecule has 0 fully saturated rings. The Kier molecular flexibility index (Phi) is 1.91. The molecule has 0 radical (unpaired) electrons. The molecule has 0 bridgehead atoms. The molecule has 0 aromatic carbocycles. The summed E-state index contributed by atoms with van der Waals surface area (Å²) in [5.74, 6) is 0. The Morgan fingerprint density at radius 3 is 3.09 bits per heavy atom. The van der Waals surface area contributed by atoms with Gasteiger partial charge in [-0.25, -0.2) is 0 Å². The maximum absolute atomic E-state index is 5.88. The Morgan fingerprint density at radius 2 is 2.36 bits per heavy atom. The number of fused-ring (bicyclic) bond motifs is 1. The van der Waals surface area contributed by atoms with Crippen molar-refractivity contribution in [3.8, 4) is 0 Å². The predicted octanol–water partition coefficient (Wildman–Crippen LogP) is 3.05. The third kappa shape index (κ3) is 1.31. The number of halogens is 2. The first-order chi connectivity index (χ1) is 5.27. The van der Waals surface area contributed by atoms with Crippen LogP contribution in [0.2, 0.25) is 0 Å². The molecule has 0 aromatic heterocycles. The Hall–Kier alpha value is -0.0500. The minimum atomic E-state index is 0.0254. The van der Waals surface area contributed by atoms with Gasteiger partial charge in [0.15, 0.2) is 0 Å². The van der Waals surface area contributed by atoms with Crippen molar-refractivity contribution < 1.29 is 0 Å². The zero-order valence-corrected chi connectivity index (χ0v) is 7.83.